The predicted molar refractivity (Wildman–Crippen MR) is 88.5 cm³/mol. The van der Waals surface area contributed by atoms with E-state index < -0.39 is 0 Å². The van der Waals surface area contributed by atoms with E-state index in [1.54, 1.807) is 0 Å². The lowest BCUT2D eigenvalue weighted by molar-refractivity contribution is 0.0740. The second-order valence-electron chi connectivity index (χ2n) is 6.43. The van der Waals surface area contributed by atoms with Crippen molar-refractivity contribution in [3.05, 3.63) is 35.9 Å². The standard InChI is InChI=1S/C19H27NO/c1-2-3-14-21-19-8-5-16(6-9-19)4-7-18-15-20-12-10-17(18)11-13-20/h4-9,17-18H,2-3,10-15H2,1H3. The minimum absolute atomic E-state index is 0.757. The van der Waals surface area contributed by atoms with Crippen LogP contribution < -0.4 is 4.74 Å². The molecular formula is C19H27NO. The molecule has 3 aliphatic rings. The summed E-state index contributed by atoms with van der Waals surface area (Å²) in [5.41, 5.74) is 1.29. The van der Waals surface area contributed by atoms with Crippen LogP contribution in [0.1, 0.15) is 38.2 Å². The van der Waals surface area contributed by atoms with Crippen LogP contribution in [-0.4, -0.2) is 31.1 Å². The number of hydrogen-bond acceptors (Lipinski definition) is 2. The Morgan fingerprint density at radius 3 is 2.57 bits per heavy atom. The predicted octanol–water partition coefficient (Wildman–Crippen LogP) is 4.22. The zero-order valence-corrected chi connectivity index (χ0v) is 13.1. The Labute approximate surface area is 128 Å². The van der Waals surface area contributed by atoms with Crippen LogP contribution in [0.15, 0.2) is 30.3 Å². The minimum Gasteiger partial charge on any atom is -0.494 e. The molecule has 2 heteroatoms. The SMILES string of the molecule is CCCCOc1ccc(C=CC2CN3CCC2CC3)cc1. The Morgan fingerprint density at radius 1 is 1.19 bits per heavy atom. The van der Waals surface area contributed by atoms with E-state index in [4.69, 9.17) is 4.74 Å². The van der Waals surface area contributed by atoms with Crippen molar-refractivity contribution in [3.63, 3.8) is 0 Å². The van der Waals surface area contributed by atoms with Crippen molar-refractivity contribution in [1.29, 1.82) is 0 Å². The Balaban J connectivity index is 1.54. The topological polar surface area (TPSA) is 12.5 Å². The largest absolute Gasteiger partial charge is 0.494 e. The van der Waals surface area contributed by atoms with E-state index >= 15 is 0 Å². The highest BCUT2D eigenvalue weighted by Gasteiger charge is 2.32. The van der Waals surface area contributed by atoms with Crippen molar-refractivity contribution < 1.29 is 4.74 Å². The molecule has 3 fully saturated rings. The van der Waals surface area contributed by atoms with Crippen LogP contribution >= 0.6 is 0 Å². The molecule has 0 amide bonds. The fourth-order valence-corrected chi connectivity index (χ4v) is 3.47. The van der Waals surface area contributed by atoms with Gasteiger partial charge in [-0.05, 0) is 61.9 Å². The second kappa shape index (κ2) is 7.13. The first-order chi connectivity index (χ1) is 10.3. The van der Waals surface area contributed by atoms with Crippen molar-refractivity contribution in [3.8, 4) is 5.75 Å². The van der Waals surface area contributed by atoms with E-state index in [1.807, 2.05) is 0 Å². The molecule has 3 heterocycles. The molecule has 0 aromatic heterocycles. The van der Waals surface area contributed by atoms with Gasteiger partial charge >= 0.3 is 0 Å². The first kappa shape index (κ1) is 14.6. The number of fused-ring (bicyclic) bond motifs is 3. The van der Waals surface area contributed by atoms with Gasteiger partial charge in [0.2, 0.25) is 0 Å². The van der Waals surface area contributed by atoms with Crippen molar-refractivity contribution in [2.75, 3.05) is 26.2 Å². The summed E-state index contributed by atoms with van der Waals surface area (Å²) < 4.78 is 5.71. The minimum atomic E-state index is 0.757. The van der Waals surface area contributed by atoms with Crippen LogP contribution in [-0.2, 0) is 0 Å². The summed E-state index contributed by atoms with van der Waals surface area (Å²) in [6.07, 6.45) is 9.81. The maximum atomic E-state index is 5.71. The number of unbranched alkanes of at least 4 members (excludes halogenated alkanes) is 1. The van der Waals surface area contributed by atoms with Gasteiger partial charge in [-0.25, -0.2) is 0 Å². The zero-order valence-electron chi connectivity index (χ0n) is 13.1. The molecule has 1 aromatic rings. The third-order valence-electron chi connectivity index (χ3n) is 4.89. The summed E-state index contributed by atoms with van der Waals surface area (Å²) in [6, 6.07) is 8.51. The zero-order chi connectivity index (χ0) is 14.5. The van der Waals surface area contributed by atoms with Gasteiger partial charge in [0.15, 0.2) is 0 Å². The van der Waals surface area contributed by atoms with E-state index in [-0.39, 0.29) is 0 Å². The first-order valence-electron chi connectivity index (χ1n) is 8.48. The summed E-state index contributed by atoms with van der Waals surface area (Å²) in [5, 5.41) is 0. The number of nitrogens with zero attached hydrogens (tertiary/aromatic N) is 1. The van der Waals surface area contributed by atoms with E-state index in [9.17, 15) is 0 Å². The number of hydrogen-bond donors (Lipinski definition) is 0. The number of ether oxygens (including phenoxy) is 1. The molecule has 3 aliphatic heterocycles. The number of piperidine rings is 3. The quantitative estimate of drug-likeness (QED) is 0.726. The molecule has 0 spiro atoms. The number of rotatable bonds is 6. The highest BCUT2D eigenvalue weighted by molar-refractivity contribution is 5.51. The van der Waals surface area contributed by atoms with Crippen LogP contribution in [0.5, 0.6) is 5.75 Å². The van der Waals surface area contributed by atoms with Crippen LogP contribution in [0.2, 0.25) is 0 Å². The molecule has 0 radical (unpaired) electrons. The molecule has 2 nitrogen and oxygen atoms in total. The lowest BCUT2D eigenvalue weighted by Crippen LogP contribution is -2.46. The maximum Gasteiger partial charge on any atom is 0.119 e. The Bertz CT molecular complexity index is 457. The van der Waals surface area contributed by atoms with Gasteiger partial charge in [-0.2, -0.15) is 0 Å². The van der Waals surface area contributed by atoms with Gasteiger partial charge in [-0.15, -0.1) is 0 Å². The summed E-state index contributed by atoms with van der Waals surface area (Å²) in [7, 11) is 0. The van der Waals surface area contributed by atoms with Crippen molar-refractivity contribution in [1.82, 2.24) is 4.90 Å². The van der Waals surface area contributed by atoms with Gasteiger partial charge in [0.05, 0.1) is 6.61 Å². The molecule has 1 unspecified atom stereocenters. The fourth-order valence-electron chi connectivity index (χ4n) is 3.47. The molecule has 1 atom stereocenters. The molecule has 0 N–H and O–H groups in total. The van der Waals surface area contributed by atoms with Crippen molar-refractivity contribution in [2.45, 2.75) is 32.6 Å². The highest BCUT2D eigenvalue weighted by atomic mass is 16.5. The Hall–Kier alpha value is -1.28. The molecule has 4 rings (SSSR count). The monoisotopic (exact) mass is 285 g/mol. The summed E-state index contributed by atoms with van der Waals surface area (Å²) >= 11 is 0. The van der Waals surface area contributed by atoms with E-state index in [1.165, 1.54) is 44.5 Å². The van der Waals surface area contributed by atoms with Gasteiger partial charge in [-0.1, -0.05) is 37.6 Å². The third kappa shape index (κ3) is 3.88. The average molecular weight is 285 g/mol. The number of benzene rings is 1. The smallest absolute Gasteiger partial charge is 0.119 e. The fraction of sp³-hybridized carbons (Fsp3) is 0.579. The van der Waals surface area contributed by atoms with Gasteiger partial charge < -0.3 is 9.64 Å². The summed E-state index contributed by atoms with van der Waals surface area (Å²) in [6.45, 7) is 6.91. The van der Waals surface area contributed by atoms with Crippen LogP contribution in [0.4, 0.5) is 0 Å². The molecule has 0 saturated carbocycles. The lowest BCUT2D eigenvalue weighted by atomic mass is 9.79. The van der Waals surface area contributed by atoms with E-state index in [0.717, 1.165) is 30.6 Å². The van der Waals surface area contributed by atoms with Crippen LogP contribution in [0, 0.1) is 11.8 Å². The molecule has 3 saturated heterocycles. The van der Waals surface area contributed by atoms with E-state index in [2.05, 4.69) is 48.2 Å². The maximum absolute atomic E-state index is 5.71. The Kier molecular flexibility index (Phi) is 4.97. The molecule has 21 heavy (non-hydrogen) atoms. The lowest BCUT2D eigenvalue weighted by Gasteiger charge is -2.43. The van der Waals surface area contributed by atoms with Gasteiger partial charge in [0, 0.05) is 6.54 Å². The Morgan fingerprint density at radius 2 is 1.95 bits per heavy atom. The summed E-state index contributed by atoms with van der Waals surface area (Å²) in [5.74, 6) is 2.67. The average Bonchev–Trinajstić information content (AvgIpc) is 2.55. The summed E-state index contributed by atoms with van der Waals surface area (Å²) in [4.78, 5) is 2.61. The highest BCUT2D eigenvalue weighted by Crippen LogP contribution is 2.33. The molecular weight excluding hydrogens is 258 g/mol. The second-order valence-corrected chi connectivity index (χ2v) is 6.43. The third-order valence-corrected chi connectivity index (χ3v) is 4.89. The molecule has 1 aromatic carbocycles. The normalized spacial score (nSPS) is 28.1. The van der Waals surface area contributed by atoms with Crippen molar-refractivity contribution in [2.24, 2.45) is 11.8 Å². The van der Waals surface area contributed by atoms with Gasteiger partial charge in [0.1, 0.15) is 5.75 Å². The van der Waals surface area contributed by atoms with Crippen LogP contribution in [0.25, 0.3) is 6.08 Å². The molecule has 2 bridgehead atoms. The molecule has 114 valence electrons. The van der Waals surface area contributed by atoms with Gasteiger partial charge in [0.25, 0.3) is 0 Å². The van der Waals surface area contributed by atoms with E-state index in [0.29, 0.717) is 0 Å². The molecule has 0 aliphatic carbocycles. The van der Waals surface area contributed by atoms with Gasteiger partial charge in [-0.3, -0.25) is 0 Å². The van der Waals surface area contributed by atoms with Crippen molar-refractivity contribution >= 4 is 6.08 Å². The van der Waals surface area contributed by atoms with Crippen LogP contribution in [0.3, 0.4) is 0 Å². The first-order valence-corrected chi connectivity index (χ1v) is 8.48.